The van der Waals surface area contributed by atoms with Crippen molar-refractivity contribution < 1.29 is 19.4 Å². The molecule has 3 rings (SSSR count). The van der Waals surface area contributed by atoms with Gasteiger partial charge in [-0.15, -0.1) is 0 Å². The van der Waals surface area contributed by atoms with Crippen molar-refractivity contribution >= 4 is 17.6 Å². The Labute approximate surface area is 157 Å². The van der Waals surface area contributed by atoms with Crippen molar-refractivity contribution in [3.63, 3.8) is 0 Å². The molecule has 0 aliphatic carbocycles. The molecule has 0 saturated carbocycles. The van der Waals surface area contributed by atoms with Gasteiger partial charge in [0.05, 0.1) is 5.56 Å². The van der Waals surface area contributed by atoms with E-state index < -0.39 is 5.97 Å². The van der Waals surface area contributed by atoms with E-state index in [1.807, 2.05) is 30.3 Å². The molecule has 0 aromatic heterocycles. The van der Waals surface area contributed by atoms with Crippen LogP contribution < -0.4 is 10.1 Å². The molecule has 1 amide bonds. The van der Waals surface area contributed by atoms with E-state index in [1.54, 1.807) is 43.3 Å². The molecule has 27 heavy (non-hydrogen) atoms. The lowest BCUT2D eigenvalue weighted by Crippen LogP contribution is -2.14. The number of hydrogen-bond donors (Lipinski definition) is 2. The van der Waals surface area contributed by atoms with Gasteiger partial charge in [0.25, 0.3) is 5.91 Å². The van der Waals surface area contributed by atoms with Crippen LogP contribution in [0.25, 0.3) is 0 Å². The maximum absolute atomic E-state index is 12.4. The van der Waals surface area contributed by atoms with Gasteiger partial charge in [0.15, 0.2) is 0 Å². The van der Waals surface area contributed by atoms with Gasteiger partial charge in [0, 0.05) is 11.3 Å². The number of carboxylic acid groups (broad SMARTS) is 1. The Bertz CT molecular complexity index is 950. The van der Waals surface area contributed by atoms with E-state index in [1.165, 1.54) is 6.07 Å². The average Bonchev–Trinajstić information content (AvgIpc) is 2.69. The number of carbonyl (C=O) groups excluding carboxylic acids is 1. The summed E-state index contributed by atoms with van der Waals surface area (Å²) in [5.74, 6) is -0.668. The molecule has 2 N–H and O–H groups in total. The quantitative estimate of drug-likeness (QED) is 0.677. The Morgan fingerprint density at radius 2 is 1.63 bits per heavy atom. The van der Waals surface area contributed by atoms with Crippen molar-refractivity contribution in [1.29, 1.82) is 0 Å². The first-order chi connectivity index (χ1) is 13.0. The second-order valence-electron chi connectivity index (χ2n) is 6.04. The SMILES string of the molecule is Cc1c(NC(=O)c2ccc(OCc3ccccc3)cc2)cccc1C(=O)O. The molecule has 0 atom stereocenters. The number of aromatic carboxylic acids is 1. The van der Waals surface area contributed by atoms with Crippen molar-refractivity contribution in [2.24, 2.45) is 0 Å². The topological polar surface area (TPSA) is 75.6 Å². The van der Waals surface area contributed by atoms with E-state index in [4.69, 9.17) is 4.74 Å². The third-order valence-electron chi connectivity index (χ3n) is 4.18. The normalized spacial score (nSPS) is 10.3. The Morgan fingerprint density at radius 1 is 0.926 bits per heavy atom. The van der Waals surface area contributed by atoms with E-state index in [-0.39, 0.29) is 11.5 Å². The van der Waals surface area contributed by atoms with Gasteiger partial charge in [-0.2, -0.15) is 0 Å². The number of hydrogen-bond acceptors (Lipinski definition) is 3. The van der Waals surface area contributed by atoms with Crippen molar-refractivity contribution in [1.82, 2.24) is 0 Å². The summed E-state index contributed by atoms with van der Waals surface area (Å²) in [5, 5.41) is 11.9. The molecule has 5 nitrogen and oxygen atoms in total. The van der Waals surface area contributed by atoms with Gasteiger partial charge in [-0.1, -0.05) is 36.4 Å². The van der Waals surface area contributed by atoms with Gasteiger partial charge in [-0.25, -0.2) is 4.79 Å². The molecular weight excluding hydrogens is 342 g/mol. The summed E-state index contributed by atoms with van der Waals surface area (Å²) in [7, 11) is 0. The van der Waals surface area contributed by atoms with Crippen molar-refractivity contribution in [3.8, 4) is 5.75 Å². The lowest BCUT2D eigenvalue weighted by Gasteiger charge is -2.11. The minimum absolute atomic E-state index is 0.164. The van der Waals surface area contributed by atoms with Crippen LogP contribution in [0.15, 0.2) is 72.8 Å². The summed E-state index contributed by atoms with van der Waals surface area (Å²) in [5.41, 5.74) is 2.68. The minimum atomic E-state index is -1.02. The lowest BCUT2D eigenvalue weighted by molar-refractivity contribution is 0.0695. The second-order valence-corrected chi connectivity index (χ2v) is 6.04. The largest absolute Gasteiger partial charge is 0.489 e. The van der Waals surface area contributed by atoms with Crippen LogP contribution in [0.1, 0.15) is 31.8 Å². The van der Waals surface area contributed by atoms with Crippen LogP contribution in [0.2, 0.25) is 0 Å². The lowest BCUT2D eigenvalue weighted by atomic mass is 10.1. The highest BCUT2D eigenvalue weighted by Gasteiger charge is 2.13. The Morgan fingerprint density at radius 3 is 2.30 bits per heavy atom. The summed E-state index contributed by atoms with van der Waals surface area (Å²) in [6.45, 7) is 2.12. The molecule has 0 aliphatic heterocycles. The molecule has 5 heteroatoms. The van der Waals surface area contributed by atoms with Gasteiger partial charge in [-0.05, 0) is 54.4 Å². The molecule has 0 spiro atoms. The first kappa shape index (κ1) is 18.2. The summed E-state index contributed by atoms with van der Waals surface area (Å²) >= 11 is 0. The number of amides is 1. The molecule has 0 aliphatic rings. The Kier molecular flexibility index (Phi) is 5.52. The standard InChI is InChI=1S/C22H19NO4/c1-15-19(22(25)26)8-5-9-20(15)23-21(24)17-10-12-18(13-11-17)27-14-16-6-3-2-4-7-16/h2-13H,14H2,1H3,(H,23,24)(H,25,26). The molecule has 0 unspecified atom stereocenters. The molecule has 0 fully saturated rings. The molecule has 3 aromatic carbocycles. The van der Waals surface area contributed by atoms with Crippen LogP contribution in [-0.4, -0.2) is 17.0 Å². The third-order valence-corrected chi connectivity index (χ3v) is 4.18. The minimum Gasteiger partial charge on any atom is -0.489 e. The number of carboxylic acids is 1. The molecular formula is C22H19NO4. The third kappa shape index (κ3) is 4.52. The van der Waals surface area contributed by atoms with E-state index in [0.29, 0.717) is 29.2 Å². The molecule has 3 aromatic rings. The summed E-state index contributed by atoms with van der Waals surface area (Å²) in [6.07, 6.45) is 0. The van der Waals surface area contributed by atoms with Crippen molar-refractivity contribution in [2.75, 3.05) is 5.32 Å². The van der Waals surface area contributed by atoms with Crippen molar-refractivity contribution in [2.45, 2.75) is 13.5 Å². The van der Waals surface area contributed by atoms with E-state index in [2.05, 4.69) is 5.32 Å². The van der Waals surface area contributed by atoms with Gasteiger partial charge in [0.2, 0.25) is 0 Å². The summed E-state index contributed by atoms with van der Waals surface area (Å²) in [4.78, 5) is 23.6. The van der Waals surface area contributed by atoms with Crippen LogP contribution in [0, 0.1) is 6.92 Å². The zero-order valence-corrected chi connectivity index (χ0v) is 14.8. The maximum Gasteiger partial charge on any atom is 0.336 e. The molecule has 0 bridgehead atoms. The van der Waals surface area contributed by atoms with Gasteiger partial charge in [0.1, 0.15) is 12.4 Å². The first-order valence-corrected chi connectivity index (χ1v) is 8.45. The maximum atomic E-state index is 12.4. The fourth-order valence-corrected chi connectivity index (χ4v) is 2.64. The highest BCUT2D eigenvalue weighted by Crippen LogP contribution is 2.21. The fourth-order valence-electron chi connectivity index (χ4n) is 2.64. The Balaban J connectivity index is 1.66. The van der Waals surface area contributed by atoms with E-state index in [9.17, 15) is 14.7 Å². The Hall–Kier alpha value is -3.60. The number of benzene rings is 3. The van der Waals surface area contributed by atoms with Gasteiger partial charge < -0.3 is 15.2 Å². The average molecular weight is 361 g/mol. The van der Waals surface area contributed by atoms with Crippen LogP contribution in [-0.2, 0) is 6.61 Å². The highest BCUT2D eigenvalue weighted by molar-refractivity contribution is 6.05. The van der Waals surface area contributed by atoms with Gasteiger partial charge >= 0.3 is 5.97 Å². The van der Waals surface area contributed by atoms with E-state index in [0.717, 1.165) is 5.56 Å². The molecule has 0 saturated heterocycles. The monoisotopic (exact) mass is 361 g/mol. The number of anilines is 1. The summed E-state index contributed by atoms with van der Waals surface area (Å²) in [6, 6.07) is 21.4. The van der Waals surface area contributed by atoms with Crippen LogP contribution in [0.5, 0.6) is 5.75 Å². The highest BCUT2D eigenvalue weighted by atomic mass is 16.5. The van der Waals surface area contributed by atoms with Crippen molar-refractivity contribution in [3.05, 3.63) is 95.1 Å². The smallest absolute Gasteiger partial charge is 0.336 e. The first-order valence-electron chi connectivity index (χ1n) is 8.45. The predicted octanol–water partition coefficient (Wildman–Crippen LogP) is 4.52. The van der Waals surface area contributed by atoms with Crippen LogP contribution in [0.4, 0.5) is 5.69 Å². The fraction of sp³-hybridized carbons (Fsp3) is 0.0909. The number of ether oxygens (including phenoxy) is 1. The number of rotatable bonds is 6. The van der Waals surface area contributed by atoms with Gasteiger partial charge in [-0.3, -0.25) is 4.79 Å². The zero-order valence-electron chi connectivity index (χ0n) is 14.8. The number of nitrogens with one attached hydrogen (secondary N) is 1. The second kappa shape index (κ2) is 8.19. The predicted molar refractivity (Wildman–Crippen MR) is 103 cm³/mol. The zero-order chi connectivity index (χ0) is 19.2. The van der Waals surface area contributed by atoms with E-state index >= 15 is 0 Å². The summed E-state index contributed by atoms with van der Waals surface area (Å²) < 4.78 is 5.71. The number of carbonyl (C=O) groups is 2. The van der Waals surface area contributed by atoms with Crippen LogP contribution in [0.3, 0.4) is 0 Å². The molecule has 0 radical (unpaired) electrons. The molecule has 0 heterocycles. The van der Waals surface area contributed by atoms with Crippen LogP contribution >= 0.6 is 0 Å². The molecule has 136 valence electrons.